The maximum atomic E-state index is 15.2. The van der Waals surface area contributed by atoms with E-state index in [0.29, 0.717) is 49.8 Å². The number of ketones is 1. The van der Waals surface area contributed by atoms with Crippen LogP contribution in [0.3, 0.4) is 0 Å². The average molecular weight is 791 g/mol. The van der Waals surface area contributed by atoms with Gasteiger partial charge < -0.3 is 20.4 Å². The van der Waals surface area contributed by atoms with E-state index < -0.39 is 17.1 Å². The number of benzene rings is 4. The van der Waals surface area contributed by atoms with Gasteiger partial charge in [0.05, 0.1) is 18.2 Å². The third-order valence-electron chi connectivity index (χ3n) is 15.6. The first-order chi connectivity index (χ1) is 28.5. The van der Waals surface area contributed by atoms with Crippen LogP contribution in [0.15, 0.2) is 115 Å². The van der Waals surface area contributed by atoms with Crippen molar-refractivity contribution in [3.8, 4) is 11.1 Å². The summed E-state index contributed by atoms with van der Waals surface area (Å²) in [5.41, 5.74) is 5.30. The fraction of sp³-hybridized carbons (Fsp3) is 0.472. The van der Waals surface area contributed by atoms with Crippen LogP contribution in [0.2, 0.25) is 0 Å². The minimum Gasteiger partial charge on any atom is -0.393 e. The van der Waals surface area contributed by atoms with Gasteiger partial charge in [0, 0.05) is 28.8 Å². The molecule has 6 heteroatoms. The van der Waals surface area contributed by atoms with Crippen LogP contribution < -0.4 is 5.32 Å². The van der Waals surface area contributed by atoms with Gasteiger partial charge in [-0.25, -0.2) is 4.79 Å². The number of urea groups is 1. The zero-order valence-electron chi connectivity index (χ0n) is 35.0. The highest BCUT2D eigenvalue weighted by Gasteiger charge is 2.59. The van der Waals surface area contributed by atoms with Gasteiger partial charge in [-0.2, -0.15) is 0 Å². The Morgan fingerprint density at radius 1 is 0.780 bits per heavy atom. The highest BCUT2D eigenvalue weighted by molar-refractivity contribution is 6.14. The Morgan fingerprint density at radius 2 is 1.44 bits per heavy atom. The summed E-state index contributed by atoms with van der Waals surface area (Å²) < 4.78 is 0. The van der Waals surface area contributed by atoms with Crippen LogP contribution in [0.5, 0.6) is 0 Å². The Morgan fingerprint density at radius 3 is 2.15 bits per heavy atom. The predicted octanol–water partition coefficient (Wildman–Crippen LogP) is 11.4. The number of nitrogens with zero attached hydrogens (tertiary/aromatic N) is 1. The maximum absolute atomic E-state index is 15.2. The van der Waals surface area contributed by atoms with Crippen molar-refractivity contribution >= 4 is 17.5 Å². The lowest BCUT2D eigenvalue weighted by Crippen LogP contribution is -2.58. The van der Waals surface area contributed by atoms with Crippen LogP contribution in [-0.4, -0.2) is 51.7 Å². The quantitative estimate of drug-likeness (QED) is 0.122. The number of aliphatic hydroxyl groups excluding tert-OH is 1. The fourth-order valence-corrected chi connectivity index (χ4v) is 13.0. The predicted molar refractivity (Wildman–Crippen MR) is 236 cm³/mol. The summed E-state index contributed by atoms with van der Waals surface area (Å²) in [5, 5.41) is 27.9. The molecule has 0 radical (unpaired) electrons. The molecule has 0 saturated heterocycles. The number of rotatable bonds is 8. The molecule has 11 rings (SSSR count). The van der Waals surface area contributed by atoms with Crippen molar-refractivity contribution in [3.63, 3.8) is 0 Å². The first kappa shape index (κ1) is 39.9. The van der Waals surface area contributed by atoms with Crippen molar-refractivity contribution in [2.45, 2.75) is 115 Å². The monoisotopic (exact) mass is 790 g/mol. The largest absolute Gasteiger partial charge is 0.393 e. The molecule has 5 fully saturated rings. The van der Waals surface area contributed by atoms with Crippen LogP contribution in [-0.2, 0) is 6.42 Å². The second-order valence-corrected chi connectivity index (χ2v) is 19.8. The molecule has 2 amide bonds. The Hall–Kier alpha value is -4.52. The SMILES string of the molecule is CC1=CCCC2(C)C(CCC2(O)CN(CC23CC4CC(CC(C4)C2)C3)C(=O)Nc2ccccc2)c2ccc(cc2C(=O)c2ccccc2-c2ccccc2)CC(O)CC1. The Balaban J connectivity index is 1.11. The second kappa shape index (κ2) is 16.2. The smallest absolute Gasteiger partial charge is 0.321 e. The van der Waals surface area contributed by atoms with Gasteiger partial charge in [-0.1, -0.05) is 104 Å². The third-order valence-corrected chi connectivity index (χ3v) is 15.6. The zero-order valence-corrected chi connectivity index (χ0v) is 35.0. The van der Waals surface area contributed by atoms with Gasteiger partial charge >= 0.3 is 6.03 Å². The van der Waals surface area contributed by atoms with Crippen LogP contribution in [0, 0.1) is 28.6 Å². The van der Waals surface area contributed by atoms with Crippen LogP contribution in [0.1, 0.15) is 124 Å². The summed E-state index contributed by atoms with van der Waals surface area (Å²) in [6, 6.07) is 33.8. The number of hydrogen-bond donors (Lipinski definition) is 3. The molecule has 3 N–H and O–H groups in total. The molecule has 6 nitrogen and oxygen atoms in total. The molecule has 7 aliphatic carbocycles. The maximum Gasteiger partial charge on any atom is 0.321 e. The molecule has 6 bridgehead atoms. The standard InChI is InChI=1S/C53H62N2O4/c1-36-12-11-24-51(2)48(45-22-20-37(29-43(56)21-19-36)30-47(45)49(57)46-18-10-9-17-44(46)41-13-5-3-6-14-41)23-25-53(51,59)35-55(50(58)54-42-15-7-4-8-16-42)34-52-31-38-26-39(32-52)28-40(27-38)33-52/h3-10,12-18,20,22,30,38-40,43,48,56,59H,11,19,21,23-29,31-35H2,1-2H3,(H,54,58). The van der Waals surface area contributed by atoms with Gasteiger partial charge in [0.2, 0.25) is 0 Å². The molecule has 59 heavy (non-hydrogen) atoms. The van der Waals surface area contributed by atoms with E-state index in [4.69, 9.17) is 0 Å². The molecule has 5 saturated carbocycles. The van der Waals surface area contributed by atoms with E-state index in [1.165, 1.54) is 44.1 Å². The molecule has 0 aromatic heterocycles. The van der Waals surface area contributed by atoms with Gasteiger partial charge in [0.15, 0.2) is 5.78 Å². The number of carbonyl (C=O) groups excluding carboxylic acids is 2. The number of allylic oxidation sites excluding steroid dienone is 2. The Labute approximate surface area is 351 Å². The van der Waals surface area contributed by atoms with Gasteiger partial charge in [0.1, 0.15) is 0 Å². The third kappa shape index (κ3) is 7.95. The molecule has 0 heterocycles. The Kier molecular flexibility index (Phi) is 10.9. The minimum absolute atomic E-state index is 0.0397. The minimum atomic E-state index is -1.20. The summed E-state index contributed by atoms with van der Waals surface area (Å²) in [5.74, 6) is 2.07. The number of amides is 2. The lowest BCUT2D eigenvalue weighted by molar-refractivity contribution is -0.0975. The normalized spacial score (nSPS) is 31.3. The molecule has 4 aromatic carbocycles. The molecule has 0 aliphatic heterocycles. The molecule has 4 atom stereocenters. The summed E-state index contributed by atoms with van der Waals surface area (Å²) >= 11 is 0. The zero-order chi connectivity index (χ0) is 40.8. The molecular formula is C53H62N2O4. The van der Waals surface area contributed by atoms with Crippen molar-refractivity contribution in [1.29, 1.82) is 0 Å². The molecule has 4 aromatic rings. The number of anilines is 1. The lowest BCUT2D eigenvalue weighted by atomic mass is 9.49. The number of para-hydroxylation sites is 1. The van der Waals surface area contributed by atoms with Crippen molar-refractivity contribution in [1.82, 2.24) is 4.90 Å². The lowest BCUT2D eigenvalue weighted by Gasteiger charge is -2.58. The molecule has 7 aliphatic rings. The highest BCUT2D eigenvalue weighted by Crippen LogP contribution is 2.62. The second-order valence-electron chi connectivity index (χ2n) is 19.8. The number of carbonyl (C=O) groups is 2. The van der Waals surface area contributed by atoms with E-state index in [9.17, 15) is 15.0 Å². The molecule has 308 valence electrons. The molecular weight excluding hydrogens is 729 g/mol. The topological polar surface area (TPSA) is 89.9 Å². The molecule has 4 unspecified atom stereocenters. The number of hydrogen-bond acceptors (Lipinski definition) is 4. The van der Waals surface area contributed by atoms with E-state index >= 15 is 4.79 Å². The first-order valence-electron chi connectivity index (χ1n) is 22.5. The van der Waals surface area contributed by atoms with Gasteiger partial charge in [-0.05, 0) is 160 Å². The van der Waals surface area contributed by atoms with E-state index in [1.807, 2.05) is 95.9 Å². The van der Waals surface area contributed by atoms with Gasteiger partial charge in [0.25, 0.3) is 0 Å². The summed E-state index contributed by atoms with van der Waals surface area (Å²) in [7, 11) is 0. The van der Waals surface area contributed by atoms with Crippen molar-refractivity contribution in [3.05, 3.63) is 137 Å². The van der Waals surface area contributed by atoms with Gasteiger partial charge in [-0.3, -0.25) is 4.79 Å². The van der Waals surface area contributed by atoms with E-state index in [-0.39, 0.29) is 29.7 Å². The number of aliphatic hydroxyl groups is 2. The average Bonchev–Trinajstić information content (AvgIpc) is 3.47. The van der Waals surface area contributed by atoms with Crippen LogP contribution in [0.25, 0.3) is 11.1 Å². The summed E-state index contributed by atoms with van der Waals surface area (Å²) in [6.45, 7) is 5.29. The van der Waals surface area contributed by atoms with Crippen LogP contribution >= 0.6 is 0 Å². The first-order valence-corrected chi connectivity index (χ1v) is 22.5. The number of fused-ring (bicyclic) bond motifs is 8. The fourth-order valence-electron chi connectivity index (χ4n) is 13.0. The Bertz CT molecular complexity index is 2160. The molecule has 0 spiro atoms. The van der Waals surface area contributed by atoms with E-state index in [0.717, 1.165) is 58.5 Å². The van der Waals surface area contributed by atoms with Gasteiger partial charge in [-0.15, -0.1) is 0 Å². The number of nitrogens with one attached hydrogen (secondary N) is 1. The van der Waals surface area contributed by atoms with Crippen molar-refractivity contribution < 1.29 is 19.8 Å². The van der Waals surface area contributed by atoms with Crippen molar-refractivity contribution in [2.75, 3.05) is 18.4 Å². The van der Waals surface area contributed by atoms with E-state index in [1.54, 1.807) is 0 Å². The van der Waals surface area contributed by atoms with Crippen LogP contribution in [0.4, 0.5) is 10.5 Å². The summed E-state index contributed by atoms with van der Waals surface area (Å²) in [4.78, 5) is 31.8. The highest BCUT2D eigenvalue weighted by atomic mass is 16.3. The van der Waals surface area contributed by atoms with E-state index in [2.05, 4.69) is 37.4 Å². The van der Waals surface area contributed by atoms with Crippen molar-refractivity contribution in [2.24, 2.45) is 28.6 Å². The summed E-state index contributed by atoms with van der Waals surface area (Å²) in [6.07, 6.45) is 13.9.